The average molecular weight is 589 g/mol. The van der Waals surface area contributed by atoms with E-state index in [0.717, 1.165) is 17.4 Å². The van der Waals surface area contributed by atoms with E-state index in [1.165, 1.54) is 28.6 Å². The number of nitrogens with zero attached hydrogens (tertiary/aromatic N) is 3. The molecule has 2 aromatic carbocycles. The number of anilines is 1. The summed E-state index contributed by atoms with van der Waals surface area (Å²) in [5, 5.41) is 7.33. The standard InChI is InChI=1S/C27H29ClN4O7S/c1-19-24(27(28)32(30-19)17-20-5-3-7-22(15-20)37-2)9-10-26(34)39-18-25(33)29-21-6-4-8-23(16-21)40(35,36)31-11-13-38-14-12-31/h3-10,15-16H,11-14,17-18H2,1-2H3,(H,29,33). The molecule has 1 amide bonds. The van der Waals surface area contributed by atoms with Crippen molar-refractivity contribution in [2.45, 2.75) is 18.4 Å². The number of methoxy groups -OCH3 is 1. The molecule has 0 saturated carbocycles. The minimum atomic E-state index is -3.72. The molecule has 13 heteroatoms. The Bertz CT molecular complexity index is 1510. The largest absolute Gasteiger partial charge is 0.497 e. The van der Waals surface area contributed by atoms with E-state index in [0.29, 0.717) is 36.2 Å². The van der Waals surface area contributed by atoms with Gasteiger partial charge in [-0.2, -0.15) is 9.40 Å². The van der Waals surface area contributed by atoms with Crippen LogP contribution in [0.15, 0.2) is 59.5 Å². The number of hydrogen-bond donors (Lipinski definition) is 1. The smallest absolute Gasteiger partial charge is 0.331 e. The molecule has 1 fully saturated rings. The van der Waals surface area contributed by atoms with Gasteiger partial charge in [0.25, 0.3) is 5.91 Å². The van der Waals surface area contributed by atoms with E-state index in [1.807, 2.05) is 24.3 Å². The lowest BCUT2D eigenvalue weighted by atomic mass is 10.2. The second kappa shape index (κ2) is 13.1. The van der Waals surface area contributed by atoms with Gasteiger partial charge >= 0.3 is 5.97 Å². The zero-order valence-electron chi connectivity index (χ0n) is 22.0. The van der Waals surface area contributed by atoms with E-state index < -0.39 is 28.5 Å². The minimum absolute atomic E-state index is 0.0475. The maximum absolute atomic E-state index is 12.9. The van der Waals surface area contributed by atoms with Crippen molar-refractivity contribution in [2.24, 2.45) is 0 Å². The van der Waals surface area contributed by atoms with Crippen LogP contribution in [0.2, 0.25) is 5.15 Å². The molecule has 1 N–H and O–H groups in total. The molecule has 40 heavy (non-hydrogen) atoms. The summed E-state index contributed by atoms with van der Waals surface area (Å²) in [5.41, 5.74) is 2.36. The summed E-state index contributed by atoms with van der Waals surface area (Å²) in [7, 11) is -2.13. The first-order chi connectivity index (χ1) is 19.2. The highest BCUT2D eigenvalue weighted by molar-refractivity contribution is 7.89. The predicted octanol–water partition coefficient (Wildman–Crippen LogP) is 3.12. The molecule has 2 heterocycles. The molecule has 3 aromatic rings. The fourth-order valence-corrected chi connectivity index (χ4v) is 5.76. The third-order valence-corrected chi connectivity index (χ3v) is 8.33. The van der Waals surface area contributed by atoms with Gasteiger partial charge in [0.15, 0.2) is 6.61 Å². The topological polar surface area (TPSA) is 129 Å². The number of hydrogen-bond acceptors (Lipinski definition) is 8. The van der Waals surface area contributed by atoms with Crippen molar-refractivity contribution in [3.05, 3.63) is 76.6 Å². The third-order valence-electron chi connectivity index (χ3n) is 6.03. The Morgan fingerprint density at radius 2 is 1.90 bits per heavy atom. The maximum atomic E-state index is 12.9. The van der Waals surface area contributed by atoms with Crippen molar-refractivity contribution in [1.29, 1.82) is 0 Å². The number of esters is 1. The minimum Gasteiger partial charge on any atom is -0.497 e. The number of nitrogens with one attached hydrogen (secondary N) is 1. The first kappa shape index (κ1) is 29.3. The van der Waals surface area contributed by atoms with Crippen LogP contribution in [-0.2, 0) is 35.6 Å². The van der Waals surface area contributed by atoms with Gasteiger partial charge in [0.2, 0.25) is 10.0 Å². The summed E-state index contributed by atoms with van der Waals surface area (Å²) >= 11 is 6.50. The number of amides is 1. The Kier molecular flexibility index (Phi) is 9.58. The van der Waals surface area contributed by atoms with Crippen LogP contribution < -0.4 is 10.1 Å². The van der Waals surface area contributed by atoms with Crippen molar-refractivity contribution >= 4 is 45.3 Å². The third kappa shape index (κ3) is 7.27. The first-order valence-corrected chi connectivity index (χ1v) is 14.2. The number of morpholine rings is 1. The number of sulfonamides is 1. The van der Waals surface area contributed by atoms with Crippen LogP contribution in [0.4, 0.5) is 5.69 Å². The SMILES string of the molecule is COc1cccc(Cn2nc(C)c(C=CC(=O)OCC(=O)Nc3cccc(S(=O)(=O)N4CCOCC4)c3)c2Cl)c1. The Morgan fingerprint density at radius 1 is 1.15 bits per heavy atom. The highest BCUT2D eigenvalue weighted by Crippen LogP contribution is 2.24. The van der Waals surface area contributed by atoms with E-state index >= 15 is 0 Å². The number of carbonyl (C=O) groups excluding carboxylic acids is 2. The average Bonchev–Trinajstić information content (AvgIpc) is 3.22. The molecule has 212 valence electrons. The second-order valence-electron chi connectivity index (χ2n) is 8.83. The van der Waals surface area contributed by atoms with Crippen LogP contribution in [0.5, 0.6) is 5.75 Å². The van der Waals surface area contributed by atoms with Crippen LogP contribution in [0.3, 0.4) is 0 Å². The van der Waals surface area contributed by atoms with E-state index in [9.17, 15) is 18.0 Å². The zero-order chi connectivity index (χ0) is 28.7. The van der Waals surface area contributed by atoms with Gasteiger partial charge in [0, 0.05) is 30.4 Å². The second-order valence-corrected chi connectivity index (χ2v) is 11.1. The van der Waals surface area contributed by atoms with Crippen molar-refractivity contribution < 1.29 is 32.2 Å². The lowest BCUT2D eigenvalue weighted by Gasteiger charge is -2.26. The molecule has 11 nitrogen and oxygen atoms in total. The highest BCUT2D eigenvalue weighted by atomic mass is 35.5. The van der Waals surface area contributed by atoms with Gasteiger partial charge in [-0.15, -0.1) is 0 Å². The quantitative estimate of drug-likeness (QED) is 0.282. The van der Waals surface area contributed by atoms with Crippen molar-refractivity contribution in [2.75, 3.05) is 45.3 Å². The fraction of sp³-hybridized carbons (Fsp3) is 0.296. The molecule has 0 bridgehead atoms. The Morgan fingerprint density at radius 3 is 2.65 bits per heavy atom. The molecule has 1 aromatic heterocycles. The summed E-state index contributed by atoms with van der Waals surface area (Å²) < 4.78 is 44.2. The van der Waals surface area contributed by atoms with Gasteiger partial charge in [-0.1, -0.05) is 29.8 Å². The molecule has 1 aliphatic rings. The van der Waals surface area contributed by atoms with E-state index in [4.69, 9.17) is 25.8 Å². The molecule has 1 aliphatic heterocycles. The van der Waals surface area contributed by atoms with Gasteiger partial charge < -0.3 is 19.5 Å². The molecule has 0 spiro atoms. The summed E-state index contributed by atoms with van der Waals surface area (Å²) in [6.45, 7) is 2.78. The predicted molar refractivity (Wildman–Crippen MR) is 149 cm³/mol. The number of aromatic nitrogens is 2. The Labute approximate surface area is 237 Å². The number of halogens is 1. The molecule has 0 radical (unpaired) electrons. The fourth-order valence-electron chi connectivity index (χ4n) is 4.01. The lowest BCUT2D eigenvalue weighted by molar-refractivity contribution is -0.142. The highest BCUT2D eigenvalue weighted by Gasteiger charge is 2.26. The van der Waals surface area contributed by atoms with Gasteiger partial charge in [0.1, 0.15) is 10.9 Å². The molecular weight excluding hydrogens is 560 g/mol. The number of benzene rings is 2. The van der Waals surface area contributed by atoms with Crippen LogP contribution in [0, 0.1) is 6.92 Å². The normalized spacial score (nSPS) is 14.3. The maximum Gasteiger partial charge on any atom is 0.331 e. The van der Waals surface area contributed by atoms with Crippen LogP contribution in [0.25, 0.3) is 6.08 Å². The summed E-state index contributed by atoms with van der Waals surface area (Å²) in [5.74, 6) is -0.659. The molecule has 4 rings (SSSR count). The number of ether oxygens (including phenoxy) is 3. The zero-order valence-corrected chi connectivity index (χ0v) is 23.6. The summed E-state index contributed by atoms with van der Waals surface area (Å²) in [4.78, 5) is 24.7. The molecule has 0 atom stereocenters. The van der Waals surface area contributed by atoms with Crippen LogP contribution in [0.1, 0.15) is 16.8 Å². The number of aryl methyl sites for hydroxylation is 1. The van der Waals surface area contributed by atoms with Crippen molar-refractivity contribution in [3.63, 3.8) is 0 Å². The number of carbonyl (C=O) groups is 2. The van der Waals surface area contributed by atoms with Gasteiger partial charge in [-0.05, 0) is 48.9 Å². The molecule has 1 saturated heterocycles. The van der Waals surface area contributed by atoms with Crippen molar-refractivity contribution in [3.8, 4) is 5.75 Å². The van der Waals surface area contributed by atoms with Gasteiger partial charge in [0.05, 0.1) is 37.5 Å². The first-order valence-electron chi connectivity index (χ1n) is 12.4. The van der Waals surface area contributed by atoms with E-state index in [-0.39, 0.29) is 23.7 Å². The molecular formula is C27H29ClN4O7S. The monoisotopic (exact) mass is 588 g/mol. The summed E-state index contributed by atoms with van der Waals surface area (Å²) in [6, 6.07) is 13.4. The van der Waals surface area contributed by atoms with E-state index in [1.54, 1.807) is 24.8 Å². The molecule has 0 aliphatic carbocycles. The Hall–Kier alpha value is -3.71. The van der Waals surface area contributed by atoms with Crippen LogP contribution >= 0.6 is 11.6 Å². The van der Waals surface area contributed by atoms with Crippen LogP contribution in [-0.4, -0.2) is 74.4 Å². The Balaban J connectivity index is 1.32. The van der Waals surface area contributed by atoms with Gasteiger partial charge in [-0.3, -0.25) is 4.79 Å². The van der Waals surface area contributed by atoms with Gasteiger partial charge in [-0.25, -0.2) is 17.9 Å². The van der Waals surface area contributed by atoms with Crippen molar-refractivity contribution in [1.82, 2.24) is 14.1 Å². The number of rotatable bonds is 10. The van der Waals surface area contributed by atoms with E-state index in [2.05, 4.69) is 10.4 Å². The lowest BCUT2D eigenvalue weighted by Crippen LogP contribution is -2.40. The molecule has 0 unspecified atom stereocenters. The summed E-state index contributed by atoms with van der Waals surface area (Å²) in [6.07, 6.45) is 2.64.